The second-order valence-corrected chi connectivity index (χ2v) is 5.48. The first-order valence-electron chi connectivity index (χ1n) is 5.83. The second kappa shape index (κ2) is 3.87. The quantitative estimate of drug-likeness (QED) is 0.710. The molecule has 0 aromatic rings. The summed E-state index contributed by atoms with van der Waals surface area (Å²) in [5, 5.41) is 0. The molecule has 0 saturated carbocycles. The van der Waals surface area contributed by atoms with Crippen LogP contribution >= 0.6 is 0 Å². The molecule has 2 fully saturated rings. The molecular weight excluding hydrogens is 190 g/mol. The van der Waals surface area contributed by atoms with Gasteiger partial charge in [0.05, 0.1) is 6.61 Å². The van der Waals surface area contributed by atoms with Crippen LogP contribution in [0.2, 0.25) is 0 Å². The van der Waals surface area contributed by atoms with Crippen molar-refractivity contribution in [2.24, 2.45) is 0 Å². The molecule has 86 valence electrons. The molecule has 2 unspecified atom stereocenters. The van der Waals surface area contributed by atoms with E-state index in [1.54, 1.807) is 7.11 Å². The van der Waals surface area contributed by atoms with E-state index in [1.807, 2.05) is 0 Å². The summed E-state index contributed by atoms with van der Waals surface area (Å²) in [6.45, 7) is 5.18. The van der Waals surface area contributed by atoms with Gasteiger partial charge in [-0.1, -0.05) is 0 Å². The van der Waals surface area contributed by atoms with Crippen LogP contribution in [0.5, 0.6) is 0 Å². The van der Waals surface area contributed by atoms with Crippen molar-refractivity contribution in [3.63, 3.8) is 0 Å². The summed E-state index contributed by atoms with van der Waals surface area (Å²) < 4.78 is 5.28. The van der Waals surface area contributed by atoms with Gasteiger partial charge in [0, 0.05) is 37.6 Å². The molecule has 0 amide bonds. The topological polar surface area (TPSA) is 29.5 Å². The number of fused-ring (bicyclic) bond motifs is 2. The van der Waals surface area contributed by atoms with E-state index in [2.05, 4.69) is 18.7 Å². The average Bonchev–Trinajstić information content (AvgIpc) is 2.40. The molecule has 0 aromatic carbocycles. The molecule has 0 aromatic heterocycles. The predicted molar refractivity (Wildman–Crippen MR) is 58.8 cm³/mol. The van der Waals surface area contributed by atoms with Crippen LogP contribution < -0.4 is 0 Å². The Morgan fingerprint density at radius 2 is 1.87 bits per heavy atom. The number of carbonyl (C=O) groups is 1. The minimum atomic E-state index is 0.0707. The summed E-state index contributed by atoms with van der Waals surface area (Å²) in [6, 6.07) is 0.947. The zero-order valence-corrected chi connectivity index (χ0v) is 9.95. The van der Waals surface area contributed by atoms with Crippen LogP contribution in [0.25, 0.3) is 0 Å². The molecule has 3 nitrogen and oxygen atoms in total. The van der Waals surface area contributed by atoms with E-state index < -0.39 is 0 Å². The number of ketones is 1. The molecule has 0 aliphatic carbocycles. The van der Waals surface area contributed by atoms with E-state index in [4.69, 9.17) is 4.74 Å². The summed E-state index contributed by atoms with van der Waals surface area (Å²) >= 11 is 0. The highest BCUT2D eigenvalue weighted by atomic mass is 16.5. The molecule has 0 spiro atoms. The van der Waals surface area contributed by atoms with Crippen LogP contribution in [0, 0.1) is 0 Å². The molecule has 2 aliphatic heterocycles. The summed E-state index contributed by atoms with van der Waals surface area (Å²) in [5.74, 6) is 0.451. The third kappa shape index (κ3) is 1.95. The van der Waals surface area contributed by atoms with Crippen LogP contribution in [-0.4, -0.2) is 42.0 Å². The lowest BCUT2D eigenvalue weighted by Gasteiger charge is -2.45. The average molecular weight is 211 g/mol. The first-order valence-corrected chi connectivity index (χ1v) is 5.83. The Morgan fingerprint density at radius 3 is 2.33 bits per heavy atom. The van der Waals surface area contributed by atoms with Gasteiger partial charge < -0.3 is 4.74 Å². The lowest BCUT2D eigenvalue weighted by atomic mass is 9.93. The van der Waals surface area contributed by atoms with Crippen LogP contribution in [0.1, 0.15) is 39.5 Å². The Bertz CT molecular complexity index is 246. The number of methoxy groups -OCH3 is 1. The fourth-order valence-corrected chi connectivity index (χ4v) is 3.39. The highest BCUT2D eigenvalue weighted by Gasteiger charge is 2.46. The van der Waals surface area contributed by atoms with Crippen molar-refractivity contribution in [2.75, 3.05) is 13.7 Å². The Hall–Kier alpha value is -0.410. The molecule has 2 bridgehead atoms. The molecule has 0 radical (unpaired) electrons. The van der Waals surface area contributed by atoms with Crippen LogP contribution in [-0.2, 0) is 9.53 Å². The fraction of sp³-hybridized carbons (Fsp3) is 0.917. The number of Topliss-reactive ketones (excluding diaryl/α,β-unsaturated/α-hetero) is 1. The van der Waals surface area contributed by atoms with Gasteiger partial charge in [0.1, 0.15) is 5.78 Å². The summed E-state index contributed by atoms with van der Waals surface area (Å²) in [7, 11) is 1.75. The predicted octanol–water partition coefficient (Wildman–Crippen LogP) is 1.61. The maximum atomic E-state index is 11.5. The van der Waals surface area contributed by atoms with Gasteiger partial charge in [-0.2, -0.15) is 0 Å². The first kappa shape index (κ1) is 11.1. The van der Waals surface area contributed by atoms with E-state index >= 15 is 0 Å². The van der Waals surface area contributed by atoms with Crippen molar-refractivity contribution in [3.8, 4) is 0 Å². The Kier molecular flexibility index (Phi) is 2.86. The smallest absolute Gasteiger partial charge is 0.136 e. The van der Waals surface area contributed by atoms with E-state index in [0.29, 0.717) is 17.9 Å². The molecule has 2 atom stereocenters. The van der Waals surface area contributed by atoms with Gasteiger partial charge in [-0.3, -0.25) is 9.69 Å². The third-order valence-electron chi connectivity index (χ3n) is 3.74. The minimum absolute atomic E-state index is 0.0707. The summed E-state index contributed by atoms with van der Waals surface area (Å²) in [6.07, 6.45) is 3.88. The zero-order chi connectivity index (χ0) is 11.1. The number of hydrogen-bond acceptors (Lipinski definition) is 3. The number of carbonyl (C=O) groups excluding carboxylic acids is 1. The van der Waals surface area contributed by atoms with Crippen LogP contribution in [0.4, 0.5) is 0 Å². The van der Waals surface area contributed by atoms with Gasteiger partial charge in [0.15, 0.2) is 0 Å². The maximum absolute atomic E-state index is 11.5. The highest BCUT2D eigenvalue weighted by Crippen LogP contribution is 2.39. The molecule has 0 N–H and O–H groups in total. The normalized spacial score (nSPS) is 32.3. The molecule has 2 rings (SSSR count). The number of rotatable bonds is 3. The molecule has 3 heteroatoms. The molecule has 15 heavy (non-hydrogen) atoms. The molecule has 2 aliphatic rings. The van der Waals surface area contributed by atoms with Crippen molar-refractivity contribution < 1.29 is 9.53 Å². The van der Waals surface area contributed by atoms with Crippen LogP contribution in [0.15, 0.2) is 0 Å². The van der Waals surface area contributed by atoms with E-state index in [9.17, 15) is 4.79 Å². The molecule has 2 saturated heterocycles. The van der Waals surface area contributed by atoms with Crippen molar-refractivity contribution in [1.82, 2.24) is 4.90 Å². The van der Waals surface area contributed by atoms with Crippen molar-refractivity contribution >= 4 is 5.78 Å². The monoisotopic (exact) mass is 211 g/mol. The Labute approximate surface area is 91.8 Å². The van der Waals surface area contributed by atoms with Gasteiger partial charge in [0.25, 0.3) is 0 Å². The fourth-order valence-electron chi connectivity index (χ4n) is 3.39. The number of hydrogen-bond donors (Lipinski definition) is 0. The lowest BCUT2D eigenvalue weighted by molar-refractivity contribution is -0.126. The SMILES string of the molecule is COCC(C)(C)N1C2CCC1CC(=O)C2. The highest BCUT2D eigenvalue weighted by molar-refractivity contribution is 5.81. The third-order valence-corrected chi connectivity index (χ3v) is 3.74. The maximum Gasteiger partial charge on any atom is 0.136 e. The van der Waals surface area contributed by atoms with Crippen molar-refractivity contribution in [3.05, 3.63) is 0 Å². The summed E-state index contributed by atoms with van der Waals surface area (Å²) in [5.41, 5.74) is 0.0707. The van der Waals surface area contributed by atoms with Gasteiger partial charge in [0.2, 0.25) is 0 Å². The summed E-state index contributed by atoms with van der Waals surface area (Å²) in [4.78, 5) is 14.0. The van der Waals surface area contributed by atoms with Crippen molar-refractivity contribution in [2.45, 2.75) is 57.2 Å². The first-order chi connectivity index (χ1) is 7.04. The lowest BCUT2D eigenvalue weighted by Crippen LogP contribution is -2.56. The van der Waals surface area contributed by atoms with E-state index in [0.717, 1.165) is 19.4 Å². The molecular formula is C12H21NO2. The number of nitrogens with zero attached hydrogens (tertiary/aromatic N) is 1. The van der Waals surface area contributed by atoms with Crippen molar-refractivity contribution in [1.29, 1.82) is 0 Å². The van der Waals surface area contributed by atoms with Gasteiger partial charge in [-0.15, -0.1) is 0 Å². The van der Waals surface area contributed by atoms with Crippen LogP contribution in [0.3, 0.4) is 0 Å². The molecule has 2 heterocycles. The number of ether oxygens (including phenoxy) is 1. The van der Waals surface area contributed by atoms with Gasteiger partial charge in [-0.25, -0.2) is 0 Å². The van der Waals surface area contributed by atoms with E-state index in [-0.39, 0.29) is 5.54 Å². The van der Waals surface area contributed by atoms with E-state index in [1.165, 1.54) is 12.8 Å². The minimum Gasteiger partial charge on any atom is -0.383 e. The standard InChI is InChI=1S/C12H21NO2/c1-12(2,8-15-3)13-9-4-5-10(13)7-11(14)6-9/h9-10H,4-8H2,1-3H3. The van der Waals surface area contributed by atoms with Gasteiger partial charge in [-0.05, 0) is 26.7 Å². The largest absolute Gasteiger partial charge is 0.383 e. The zero-order valence-electron chi connectivity index (χ0n) is 9.95. The second-order valence-electron chi connectivity index (χ2n) is 5.48. The Balaban J connectivity index is 2.13. The number of piperidine rings is 1. The van der Waals surface area contributed by atoms with Gasteiger partial charge >= 0.3 is 0 Å². The Morgan fingerprint density at radius 1 is 1.33 bits per heavy atom.